The maximum absolute atomic E-state index is 6.37. The van der Waals surface area contributed by atoms with Crippen LogP contribution in [0.3, 0.4) is 0 Å². The van der Waals surface area contributed by atoms with E-state index in [1.807, 2.05) is 18.2 Å². The van der Waals surface area contributed by atoms with Crippen molar-refractivity contribution >= 4 is 15.9 Å². The number of benzene rings is 2. The van der Waals surface area contributed by atoms with Gasteiger partial charge in [-0.2, -0.15) is 0 Å². The Morgan fingerprint density at radius 1 is 1.05 bits per heavy atom. The Labute approximate surface area is 135 Å². The third-order valence-electron chi connectivity index (χ3n) is 3.52. The molecule has 0 bridgehead atoms. The van der Waals surface area contributed by atoms with Gasteiger partial charge in [-0.25, -0.2) is 0 Å². The second-order valence-electron chi connectivity index (χ2n) is 5.11. The molecule has 3 heteroatoms. The lowest BCUT2D eigenvalue weighted by molar-refractivity contribution is 0.315. The van der Waals surface area contributed by atoms with E-state index < -0.39 is 0 Å². The van der Waals surface area contributed by atoms with Crippen LogP contribution in [0.25, 0.3) is 0 Å². The van der Waals surface area contributed by atoms with Gasteiger partial charge in [0.1, 0.15) is 5.75 Å². The summed E-state index contributed by atoms with van der Waals surface area (Å²) in [6.07, 6.45) is 2.04. The fraction of sp³-hybridized carbons (Fsp3) is 0.333. The van der Waals surface area contributed by atoms with Crippen LogP contribution in [0, 0.1) is 0 Å². The van der Waals surface area contributed by atoms with Crippen LogP contribution in [0.5, 0.6) is 5.75 Å². The second kappa shape index (κ2) is 7.62. The Morgan fingerprint density at radius 2 is 1.71 bits per heavy atom. The van der Waals surface area contributed by atoms with Gasteiger partial charge in [0.05, 0.1) is 17.1 Å². The second-order valence-corrected chi connectivity index (χ2v) is 5.97. The molecule has 0 aliphatic carbocycles. The summed E-state index contributed by atoms with van der Waals surface area (Å²) in [4.78, 5) is 0. The third kappa shape index (κ3) is 4.08. The minimum Gasteiger partial charge on any atom is -0.492 e. The number of nitrogens with two attached hydrogens (primary N) is 1. The van der Waals surface area contributed by atoms with Crippen LogP contribution in [0.4, 0.5) is 0 Å². The van der Waals surface area contributed by atoms with Crippen molar-refractivity contribution in [2.75, 3.05) is 6.61 Å². The highest BCUT2D eigenvalue weighted by Gasteiger charge is 2.11. The minimum atomic E-state index is -0.118. The molecule has 0 heterocycles. The third-order valence-corrected chi connectivity index (χ3v) is 4.14. The standard InChI is InChI=1S/C18H22BrNO/c1-3-11-21-17-10-9-15(12-16(17)19)18(20)14-7-5-13(4-2)6-8-14/h5-10,12,18H,3-4,11,20H2,1-2H3. The van der Waals surface area contributed by atoms with Crippen molar-refractivity contribution in [2.24, 2.45) is 5.73 Å². The SMILES string of the molecule is CCCOc1ccc(C(N)c2ccc(CC)cc2)cc1Br. The number of rotatable bonds is 6. The Hall–Kier alpha value is -1.32. The molecule has 0 amide bonds. The molecular formula is C18H22BrNO. The average molecular weight is 348 g/mol. The van der Waals surface area contributed by atoms with E-state index in [9.17, 15) is 0 Å². The van der Waals surface area contributed by atoms with Gasteiger partial charge >= 0.3 is 0 Å². The summed E-state index contributed by atoms with van der Waals surface area (Å²) in [5.41, 5.74) is 9.90. The van der Waals surface area contributed by atoms with Crippen LogP contribution in [0.15, 0.2) is 46.9 Å². The van der Waals surface area contributed by atoms with Gasteiger partial charge < -0.3 is 10.5 Å². The lowest BCUT2D eigenvalue weighted by Crippen LogP contribution is -2.12. The Morgan fingerprint density at radius 3 is 2.29 bits per heavy atom. The molecule has 0 aromatic heterocycles. The molecule has 21 heavy (non-hydrogen) atoms. The Kier molecular flexibility index (Phi) is 5.83. The van der Waals surface area contributed by atoms with E-state index in [1.54, 1.807) is 0 Å². The van der Waals surface area contributed by atoms with Crippen molar-refractivity contribution in [2.45, 2.75) is 32.7 Å². The van der Waals surface area contributed by atoms with Gasteiger partial charge in [0.15, 0.2) is 0 Å². The van der Waals surface area contributed by atoms with Gasteiger partial charge in [0.25, 0.3) is 0 Å². The molecule has 1 unspecified atom stereocenters. The van der Waals surface area contributed by atoms with Crippen LogP contribution < -0.4 is 10.5 Å². The number of aryl methyl sites for hydroxylation is 1. The monoisotopic (exact) mass is 347 g/mol. The van der Waals surface area contributed by atoms with Crippen molar-refractivity contribution in [1.29, 1.82) is 0 Å². The maximum atomic E-state index is 6.37. The predicted molar refractivity (Wildman–Crippen MR) is 91.8 cm³/mol. The molecule has 2 aromatic carbocycles. The highest BCUT2D eigenvalue weighted by molar-refractivity contribution is 9.10. The molecule has 0 saturated carbocycles. The smallest absolute Gasteiger partial charge is 0.133 e. The maximum Gasteiger partial charge on any atom is 0.133 e. The average Bonchev–Trinajstić information content (AvgIpc) is 2.53. The molecule has 0 fully saturated rings. The summed E-state index contributed by atoms with van der Waals surface area (Å²) >= 11 is 3.56. The molecule has 112 valence electrons. The first-order valence-corrected chi connectivity index (χ1v) is 8.21. The van der Waals surface area contributed by atoms with Gasteiger partial charge in [-0.05, 0) is 57.6 Å². The van der Waals surface area contributed by atoms with E-state index in [-0.39, 0.29) is 6.04 Å². The first-order chi connectivity index (χ1) is 10.2. The Bertz CT molecular complexity index is 580. The molecule has 0 spiro atoms. The fourth-order valence-corrected chi connectivity index (χ4v) is 2.70. The summed E-state index contributed by atoms with van der Waals surface area (Å²) < 4.78 is 6.62. The normalized spacial score (nSPS) is 12.2. The zero-order valence-electron chi connectivity index (χ0n) is 12.6. The van der Waals surface area contributed by atoms with Crippen LogP contribution in [-0.2, 0) is 6.42 Å². The van der Waals surface area contributed by atoms with Crippen LogP contribution in [-0.4, -0.2) is 6.61 Å². The Balaban J connectivity index is 2.18. The molecule has 2 aromatic rings. The van der Waals surface area contributed by atoms with Gasteiger partial charge in [-0.3, -0.25) is 0 Å². The largest absolute Gasteiger partial charge is 0.492 e. The molecule has 1 atom stereocenters. The van der Waals surface area contributed by atoms with Gasteiger partial charge in [0, 0.05) is 0 Å². The van der Waals surface area contributed by atoms with E-state index in [1.165, 1.54) is 5.56 Å². The molecule has 0 saturated heterocycles. The number of ether oxygens (including phenoxy) is 1. The number of hydrogen-bond donors (Lipinski definition) is 1. The van der Waals surface area contributed by atoms with Crippen molar-refractivity contribution in [3.05, 3.63) is 63.6 Å². The predicted octanol–water partition coefficient (Wildman–Crippen LogP) is 4.85. The molecule has 0 aliphatic heterocycles. The van der Waals surface area contributed by atoms with Crippen molar-refractivity contribution in [3.8, 4) is 5.75 Å². The molecule has 0 aliphatic rings. The zero-order chi connectivity index (χ0) is 15.2. The highest BCUT2D eigenvalue weighted by atomic mass is 79.9. The summed E-state index contributed by atoms with van der Waals surface area (Å²) in [5.74, 6) is 0.870. The summed E-state index contributed by atoms with van der Waals surface area (Å²) in [6.45, 7) is 4.97. The highest BCUT2D eigenvalue weighted by Crippen LogP contribution is 2.30. The van der Waals surface area contributed by atoms with Crippen molar-refractivity contribution < 1.29 is 4.74 Å². The lowest BCUT2D eigenvalue weighted by Gasteiger charge is -2.15. The van der Waals surface area contributed by atoms with E-state index in [2.05, 4.69) is 54.0 Å². The lowest BCUT2D eigenvalue weighted by atomic mass is 9.98. The first-order valence-electron chi connectivity index (χ1n) is 7.42. The van der Waals surface area contributed by atoms with Gasteiger partial charge in [-0.1, -0.05) is 44.2 Å². The number of halogens is 1. The van der Waals surface area contributed by atoms with Crippen molar-refractivity contribution in [1.82, 2.24) is 0 Å². The summed E-state index contributed by atoms with van der Waals surface area (Å²) in [6, 6.07) is 14.4. The molecular weight excluding hydrogens is 326 g/mol. The fourth-order valence-electron chi connectivity index (χ4n) is 2.19. The number of hydrogen-bond acceptors (Lipinski definition) is 2. The topological polar surface area (TPSA) is 35.2 Å². The van der Waals surface area contributed by atoms with Gasteiger partial charge in [-0.15, -0.1) is 0 Å². The molecule has 2 rings (SSSR count). The molecule has 0 radical (unpaired) electrons. The minimum absolute atomic E-state index is 0.118. The van der Waals surface area contributed by atoms with Gasteiger partial charge in [0.2, 0.25) is 0 Å². The van der Waals surface area contributed by atoms with Crippen molar-refractivity contribution in [3.63, 3.8) is 0 Å². The zero-order valence-corrected chi connectivity index (χ0v) is 14.2. The van der Waals surface area contributed by atoms with Crippen LogP contribution in [0.1, 0.15) is 43.0 Å². The summed E-state index contributed by atoms with van der Waals surface area (Å²) in [7, 11) is 0. The van der Waals surface area contributed by atoms with Crippen LogP contribution >= 0.6 is 15.9 Å². The summed E-state index contributed by atoms with van der Waals surface area (Å²) in [5, 5.41) is 0. The molecule has 2 N–H and O–H groups in total. The van der Waals surface area contributed by atoms with E-state index >= 15 is 0 Å². The van der Waals surface area contributed by atoms with E-state index in [0.717, 1.165) is 40.8 Å². The van der Waals surface area contributed by atoms with E-state index in [0.29, 0.717) is 0 Å². The first kappa shape index (κ1) is 16.1. The molecule has 2 nitrogen and oxygen atoms in total. The van der Waals surface area contributed by atoms with Crippen LogP contribution in [0.2, 0.25) is 0 Å². The van der Waals surface area contributed by atoms with E-state index in [4.69, 9.17) is 10.5 Å². The quantitative estimate of drug-likeness (QED) is 0.810.